The highest BCUT2D eigenvalue weighted by atomic mass is 16.6. The number of aliphatic hydroxyl groups excluding tert-OH is 1. The molecule has 134 valence electrons. The predicted octanol–water partition coefficient (Wildman–Crippen LogP) is 4.13. The first kappa shape index (κ1) is 18.7. The molecule has 23 heavy (non-hydrogen) atoms. The lowest BCUT2D eigenvalue weighted by atomic mass is 10.0. The summed E-state index contributed by atoms with van der Waals surface area (Å²) in [6.07, 6.45) is 14.3. The van der Waals surface area contributed by atoms with Crippen molar-refractivity contribution in [3.8, 4) is 0 Å². The number of carbonyl (C=O) groups excluding carboxylic acids is 1. The maximum atomic E-state index is 11.2. The number of rotatable bonds is 12. The van der Waals surface area contributed by atoms with Gasteiger partial charge in [0.25, 0.3) is 0 Å². The number of fused-ring (bicyclic) bond motifs is 1. The fraction of sp³-hybridized carbons (Fsp3) is 0.947. The van der Waals surface area contributed by atoms with Gasteiger partial charge in [-0.2, -0.15) is 0 Å². The summed E-state index contributed by atoms with van der Waals surface area (Å²) in [6.45, 7) is 2.26. The van der Waals surface area contributed by atoms with Crippen LogP contribution in [0, 0.1) is 0 Å². The molecule has 0 amide bonds. The van der Waals surface area contributed by atoms with Crippen molar-refractivity contribution in [3.05, 3.63) is 0 Å². The van der Waals surface area contributed by atoms with Crippen LogP contribution in [0.25, 0.3) is 0 Å². The molecule has 0 bridgehead atoms. The van der Waals surface area contributed by atoms with Crippen LogP contribution in [0.15, 0.2) is 0 Å². The van der Waals surface area contributed by atoms with Gasteiger partial charge in [-0.1, -0.05) is 77.6 Å². The quantitative estimate of drug-likeness (QED) is 0.433. The molecule has 0 saturated carbocycles. The van der Waals surface area contributed by atoms with Crippen molar-refractivity contribution >= 4 is 5.97 Å². The second-order valence-electron chi connectivity index (χ2n) is 7.19. The molecular formula is C19H34O4. The van der Waals surface area contributed by atoms with E-state index < -0.39 is 12.2 Å². The van der Waals surface area contributed by atoms with Crippen LogP contribution in [0.4, 0.5) is 0 Å². The Hall–Kier alpha value is -0.610. The number of hydrogen-bond acceptors (Lipinski definition) is 4. The molecular weight excluding hydrogens is 292 g/mol. The summed E-state index contributed by atoms with van der Waals surface area (Å²) in [5.74, 6) is -0.243. The SMILES string of the molecule is CCCCCCCCCCCCC[C@@H]1O[C@@H]2CC(=O)O[C@@H]2[C@H]1O. The lowest BCUT2D eigenvalue weighted by Crippen LogP contribution is -2.31. The Kier molecular flexibility index (Phi) is 8.38. The molecule has 0 unspecified atom stereocenters. The van der Waals surface area contributed by atoms with Crippen molar-refractivity contribution in [1.29, 1.82) is 0 Å². The molecule has 4 heteroatoms. The minimum atomic E-state index is -0.630. The third kappa shape index (κ3) is 6.07. The molecule has 1 N–H and O–H groups in total. The van der Waals surface area contributed by atoms with Gasteiger partial charge >= 0.3 is 5.97 Å². The van der Waals surface area contributed by atoms with Crippen molar-refractivity contribution < 1.29 is 19.4 Å². The third-order valence-electron chi connectivity index (χ3n) is 5.16. The Balaban J connectivity index is 1.41. The highest BCUT2D eigenvalue weighted by Crippen LogP contribution is 2.33. The Morgan fingerprint density at radius 2 is 1.52 bits per heavy atom. The van der Waals surface area contributed by atoms with Gasteiger partial charge in [0.1, 0.15) is 12.2 Å². The molecule has 0 aliphatic carbocycles. The van der Waals surface area contributed by atoms with Crippen LogP contribution in [0.1, 0.15) is 90.4 Å². The predicted molar refractivity (Wildman–Crippen MR) is 90.2 cm³/mol. The molecule has 0 aromatic carbocycles. The van der Waals surface area contributed by atoms with Gasteiger partial charge in [-0.05, 0) is 6.42 Å². The largest absolute Gasteiger partial charge is 0.457 e. The van der Waals surface area contributed by atoms with E-state index in [9.17, 15) is 9.90 Å². The van der Waals surface area contributed by atoms with Gasteiger partial charge in [-0.3, -0.25) is 4.79 Å². The van der Waals surface area contributed by atoms with Crippen molar-refractivity contribution in [2.75, 3.05) is 0 Å². The van der Waals surface area contributed by atoms with E-state index in [1.807, 2.05) is 0 Å². The number of carbonyl (C=O) groups is 1. The zero-order valence-electron chi connectivity index (χ0n) is 14.7. The van der Waals surface area contributed by atoms with E-state index in [1.54, 1.807) is 0 Å². The first-order chi connectivity index (χ1) is 11.2. The maximum absolute atomic E-state index is 11.2. The van der Waals surface area contributed by atoms with Gasteiger partial charge in [0, 0.05) is 0 Å². The van der Waals surface area contributed by atoms with Crippen molar-refractivity contribution in [3.63, 3.8) is 0 Å². The molecule has 4 nitrogen and oxygen atoms in total. The summed E-state index contributed by atoms with van der Waals surface area (Å²) in [5.41, 5.74) is 0. The smallest absolute Gasteiger partial charge is 0.309 e. The molecule has 2 aliphatic heterocycles. The zero-order valence-corrected chi connectivity index (χ0v) is 14.7. The van der Waals surface area contributed by atoms with E-state index in [0.29, 0.717) is 6.42 Å². The summed E-state index contributed by atoms with van der Waals surface area (Å²) in [7, 11) is 0. The highest BCUT2D eigenvalue weighted by molar-refractivity contribution is 5.72. The highest BCUT2D eigenvalue weighted by Gasteiger charge is 2.50. The summed E-state index contributed by atoms with van der Waals surface area (Å²) in [4.78, 5) is 11.2. The molecule has 2 rings (SSSR count). The number of aliphatic hydroxyl groups is 1. The topological polar surface area (TPSA) is 55.8 Å². The van der Waals surface area contributed by atoms with Crippen molar-refractivity contribution in [2.24, 2.45) is 0 Å². The summed E-state index contributed by atoms with van der Waals surface area (Å²) in [6, 6.07) is 0. The van der Waals surface area contributed by atoms with Crippen LogP contribution in [0.2, 0.25) is 0 Å². The zero-order chi connectivity index (χ0) is 16.5. The average Bonchev–Trinajstić information content (AvgIpc) is 3.03. The fourth-order valence-electron chi connectivity index (χ4n) is 3.74. The molecule has 2 saturated heterocycles. The van der Waals surface area contributed by atoms with Gasteiger partial charge in [-0.15, -0.1) is 0 Å². The van der Waals surface area contributed by atoms with Crippen LogP contribution >= 0.6 is 0 Å². The van der Waals surface area contributed by atoms with E-state index in [4.69, 9.17) is 9.47 Å². The van der Waals surface area contributed by atoms with Crippen molar-refractivity contribution in [1.82, 2.24) is 0 Å². The van der Waals surface area contributed by atoms with Crippen LogP contribution in [0.5, 0.6) is 0 Å². The minimum Gasteiger partial charge on any atom is -0.457 e. The lowest BCUT2D eigenvalue weighted by Gasteiger charge is -2.16. The summed E-state index contributed by atoms with van der Waals surface area (Å²) >= 11 is 0. The van der Waals surface area contributed by atoms with Crippen molar-refractivity contribution in [2.45, 2.75) is 115 Å². The number of hydrogen-bond donors (Lipinski definition) is 1. The Bertz CT molecular complexity index is 344. The van der Waals surface area contributed by atoms with Crippen LogP contribution in [-0.2, 0) is 14.3 Å². The second kappa shape index (κ2) is 10.3. The number of esters is 1. The summed E-state index contributed by atoms with van der Waals surface area (Å²) in [5, 5.41) is 10.1. The maximum Gasteiger partial charge on any atom is 0.309 e. The monoisotopic (exact) mass is 326 g/mol. The normalized spacial score (nSPS) is 29.7. The fourth-order valence-corrected chi connectivity index (χ4v) is 3.74. The third-order valence-corrected chi connectivity index (χ3v) is 5.16. The van der Waals surface area contributed by atoms with Gasteiger partial charge in [0.15, 0.2) is 6.10 Å². The summed E-state index contributed by atoms with van der Waals surface area (Å²) < 4.78 is 10.9. The molecule has 2 aliphatic rings. The van der Waals surface area contributed by atoms with E-state index in [1.165, 1.54) is 64.2 Å². The lowest BCUT2D eigenvalue weighted by molar-refractivity contribution is -0.145. The van der Waals surface area contributed by atoms with Crippen LogP contribution in [0.3, 0.4) is 0 Å². The second-order valence-corrected chi connectivity index (χ2v) is 7.19. The van der Waals surface area contributed by atoms with Gasteiger partial charge < -0.3 is 14.6 Å². The van der Waals surface area contributed by atoms with E-state index in [0.717, 1.165) is 12.8 Å². The first-order valence-corrected chi connectivity index (χ1v) is 9.75. The molecule has 2 fully saturated rings. The van der Waals surface area contributed by atoms with E-state index >= 15 is 0 Å². The Labute approximate surface area is 140 Å². The Morgan fingerprint density at radius 1 is 0.957 bits per heavy atom. The number of unbranched alkanes of at least 4 members (excludes halogenated alkanes) is 10. The molecule has 0 spiro atoms. The molecule has 0 aromatic rings. The molecule has 2 heterocycles. The van der Waals surface area contributed by atoms with Gasteiger partial charge in [0.05, 0.1) is 12.5 Å². The standard InChI is InChI=1S/C19H34O4/c1-2-3-4-5-6-7-8-9-10-11-12-13-15-18(21)19-16(22-15)14-17(20)23-19/h15-16,18-19,21H,2-14H2,1H3/t15-,16+,18-,19-/m0/s1. The van der Waals surface area contributed by atoms with Gasteiger partial charge in [0.2, 0.25) is 0 Å². The van der Waals surface area contributed by atoms with Crippen LogP contribution < -0.4 is 0 Å². The molecule has 4 atom stereocenters. The van der Waals surface area contributed by atoms with E-state index in [2.05, 4.69) is 6.92 Å². The van der Waals surface area contributed by atoms with Gasteiger partial charge in [-0.25, -0.2) is 0 Å². The molecule has 0 aromatic heterocycles. The van der Waals surface area contributed by atoms with E-state index in [-0.39, 0.29) is 18.2 Å². The molecule has 0 radical (unpaired) electrons. The minimum absolute atomic E-state index is 0.142. The first-order valence-electron chi connectivity index (χ1n) is 9.75. The average molecular weight is 326 g/mol. The van der Waals surface area contributed by atoms with Crippen LogP contribution in [-0.4, -0.2) is 35.5 Å². The Morgan fingerprint density at radius 3 is 2.09 bits per heavy atom. The number of ether oxygens (including phenoxy) is 2.